The fourth-order valence-corrected chi connectivity index (χ4v) is 3.62. The molecule has 0 unspecified atom stereocenters. The Kier molecular flexibility index (Phi) is 8.54. The van der Waals surface area contributed by atoms with Gasteiger partial charge in [0.15, 0.2) is 0 Å². The van der Waals surface area contributed by atoms with Gasteiger partial charge in [-0.25, -0.2) is 13.4 Å². The van der Waals surface area contributed by atoms with Crippen LogP contribution in [0.4, 0.5) is 0 Å². The molecular weight excluding hydrogens is 350 g/mol. The molecule has 0 spiro atoms. The average molecular weight is 376 g/mol. The Bertz CT molecular complexity index is 618. The van der Waals surface area contributed by atoms with E-state index in [1.807, 2.05) is 13.2 Å². The molecule has 0 saturated carbocycles. The molecule has 0 heterocycles. The maximum Gasteiger partial charge on any atom is 0.252 e. The van der Waals surface area contributed by atoms with E-state index in [-0.39, 0.29) is 10.8 Å². The lowest BCUT2D eigenvalue weighted by molar-refractivity contribution is -0.126. The number of hydrazine groups is 1. The molecule has 0 fully saturated rings. The molecule has 7 nitrogen and oxygen atoms in total. The lowest BCUT2D eigenvalue weighted by Crippen LogP contribution is -2.50. The van der Waals surface area contributed by atoms with Crippen molar-refractivity contribution in [3.8, 4) is 5.75 Å². The number of carbonyl (C=O) groups is 1. The van der Waals surface area contributed by atoms with Crippen LogP contribution in [-0.4, -0.2) is 58.1 Å². The third-order valence-corrected chi connectivity index (χ3v) is 5.13. The number of nitrogens with zero attached hydrogens (tertiary/aromatic N) is 1. The summed E-state index contributed by atoms with van der Waals surface area (Å²) in [7, 11) is -0.454. The van der Waals surface area contributed by atoms with Crippen LogP contribution in [0.5, 0.6) is 5.75 Å². The first kappa shape index (κ1) is 20.8. The molecule has 0 aromatic heterocycles. The zero-order valence-corrected chi connectivity index (χ0v) is 16.0. The number of ether oxygens (including phenoxy) is 1. The number of hydrogen-bond donors (Lipinski definition) is 2. The van der Waals surface area contributed by atoms with E-state index >= 15 is 0 Å². The molecule has 24 heavy (non-hydrogen) atoms. The fraction of sp³-hybridized carbons (Fsp3) is 0.533. The van der Waals surface area contributed by atoms with Gasteiger partial charge in [0.2, 0.25) is 10.0 Å². The molecule has 0 aliphatic carbocycles. The zero-order chi connectivity index (χ0) is 18.2. The average Bonchev–Trinajstić information content (AvgIpc) is 2.51. The van der Waals surface area contributed by atoms with Crippen LogP contribution in [0.1, 0.15) is 13.3 Å². The van der Waals surface area contributed by atoms with Crippen molar-refractivity contribution in [2.24, 2.45) is 0 Å². The predicted octanol–water partition coefficient (Wildman–Crippen LogP) is 1.08. The molecule has 1 rings (SSSR count). The maximum atomic E-state index is 12.5. The largest absolute Gasteiger partial charge is 0.494 e. The first-order valence-corrected chi connectivity index (χ1v) is 10.4. The van der Waals surface area contributed by atoms with Crippen molar-refractivity contribution in [1.29, 1.82) is 0 Å². The van der Waals surface area contributed by atoms with Gasteiger partial charge < -0.3 is 4.74 Å². The number of amides is 1. The Morgan fingerprint density at radius 2 is 1.92 bits per heavy atom. The Hall–Kier alpha value is -1.29. The molecule has 1 atom stereocenters. The van der Waals surface area contributed by atoms with Crippen molar-refractivity contribution in [2.75, 3.05) is 32.7 Å². The van der Waals surface area contributed by atoms with Crippen molar-refractivity contribution in [3.63, 3.8) is 0 Å². The SMILES string of the molecule is CCOc1ccc(S(=O)(=O)N[C@H](CCSC)C(=O)NN(C)C)cc1. The van der Waals surface area contributed by atoms with E-state index < -0.39 is 16.1 Å². The second-order valence-electron chi connectivity index (χ2n) is 5.23. The minimum atomic E-state index is -3.80. The fourth-order valence-electron chi connectivity index (χ4n) is 1.91. The molecule has 2 N–H and O–H groups in total. The summed E-state index contributed by atoms with van der Waals surface area (Å²) in [5, 5.41) is 1.49. The number of benzene rings is 1. The van der Waals surface area contributed by atoms with Gasteiger partial charge in [-0.05, 0) is 49.6 Å². The Morgan fingerprint density at radius 3 is 2.42 bits per heavy atom. The Labute approximate surface area is 148 Å². The highest BCUT2D eigenvalue weighted by Gasteiger charge is 2.25. The molecule has 1 aromatic carbocycles. The van der Waals surface area contributed by atoms with Gasteiger partial charge in [-0.2, -0.15) is 16.5 Å². The van der Waals surface area contributed by atoms with Gasteiger partial charge in [0.05, 0.1) is 11.5 Å². The molecule has 1 amide bonds. The molecule has 136 valence electrons. The van der Waals surface area contributed by atoms with Crippen LogP contribution in [0.3, 0.4) is 0 Å². The van der Waals surface area contributed by atoms with E-state index in [4.69, 9.17) is 4.74 Å². The summed E-state index contributed by atoms with van der Waals surface area (Å²) in [6, 6.07) is 5.27. The number of thioether (sulfide) groups is 1. The standard InChI is InChI=1S/C15H25N3O4S2/c1-5-22-12-6-8-13(9-7-12)24(20,21)17-14(10-11-23-4)15(19)16-18(2)3/h6-9,14,17H,5,10-11H2,1-4H3,(H,16,19)/t14-/m1/s1. The van der Waals surface area contributed by atoms with Gasteiger partial charge in [-0.1, -0.05) is 0 Å². The second kappa shape index (κ2) is 9.87. The van der Waals surface area contributed by atoms with Crippen molar-refractivity contribution in [2.45, 2.75) is 24.3 Å². The number of hydrogen-bond acceptors (Lipinski definition) is 6. The van der Waals surface area contributed by atoms with Gasteiger partial charge in [0.1, 0.15) is 11.8 Å². The molecule has 0 saturated heterocycles. The van der Waals surface area contributed by atoms with Gasteiger partial charge in [-0.15, -0.1) is 0 Å². The van der Waals surface area contributed by atoms with E-state index in [1.165, 1.54) is 17.1 Å². The summed E-state index contributed by atoms with van der Waals surface area (Å²) in [6.07, 6.45) is 2.30. The van der Waals surface area contributed by atoms with Crippen LogP contribution in [0.15, 0.2) is 29.2 Å². The predicted molar refractivity (Wildman–Crippen MR) is 96.5 cm³/mol. The minimum Gasteiger partial charge on any atom is -0.494 e. The summed E-state index contributed by atoms with van der Waals surface area (Å²) >= 11 is 1.55. The van der Waals surface area contributed by atoms with Crippen LogP contribution < -0.4 is 14.9 Å². The number of sulfonamides is 1. The summed E-state index contributed by atoms with van der Waals surface area (Å²) in [4.78, 5) is 12.3. The maximum absolute atomic E-state index is 12.5. The first-order chi connectivity index (χ1) is 11.3. The van der Waals surface area contributed by atoms with Crippen molar-refractivity contribution >= 4 is 27.7 Å². The normalized spacial score (nSPS) is 12.9. The van der Waals surface area contributed by atoms with Crippen molar-refractivity contribution < 1.29 is 17.9 Å². The summed E-state index contributed by atoms with van der Waals surface area (Å²) in [5.41, 5.74) is 2.59. The highest BCUT2D eigenvalue weighted by atomic mass is 32.2. The molecule has 0 aliphatic heterocycles. The van der Waals surface area contributed by atoms with E-state index in [9.17, 15) is 13.2 Å². The monoisotopic (exact) mass is 375 g/mol. The second-order valence-corrected chi connectivity index (χ2v) is 7.93. The highest BCUT2D eigenvalue weighted by molar-refractivity contribution is 7.98. The highest BCUT2D eigenvalue weighted by Crippen LogP contribution is 2.16. The number of carbonyl (C=O) groups excluding carboxylic acids is 1. The van der Waals surface area contributed by atoms with Gasteiger partial charge >= 0.3 is 0 Å². The van der Waals surface area contributed by atoms with Gasteiger partial charge in [0, 0.05) is 14.1 Å². The molecule has 1 aromatic rings. The zero-order valence-electron chi connectivity index (χ0n) is 14.4. The Balaban J connectivity index is 2.90. The molecular formula is C15H25N3O4S2. The Morgan fingerprint density at radius 1 is 1.29 bits per heavy atom. The van der Waals surface area contributed by atoms with Crippen LogP contribution in [0, 0.1) is 0 Å². The van der Waals surface area contributed by atoms with E-state index in [1.54, 1.807) is 38.0 Å². The number of nitrogens with one attached hydrogen (secondary N) is 2. The van der Waals surface area contributed by atoms with Crippen molar-refractivity contribution in [1.82, 2.24) is 15.2 Å². The van der Waals surface area contributed by atoms with Crippen LogP contribution in [-0.2, 0) is 14.8 Å². The minimum absolute atomic E-state index is 0.0951. The quantitative estimate of drug-likeness (QED) is 0.595. The first-order valence-electron chi connectivity index (χ1n) is 7.52. The number of rotatable bonds is 10. The molecule has 0 aliphatic rings. The van der Waals surface area contributed by atoms with Crippen molar-refractivity contribution in [3.05, 3.63) is 24.3 Å². The van der Waals surface area contributed by atoms with Crippen LogP contribution in [0.2, 0.25) is 0 Å². The molecule has 0 radical (unpaired) electrons. The van der Waals surface area contributed by atoms with Gasteiger partial charge in [0.25, 0.3) is 5.91 Å². The third-order valence-electron chi connectivity index (χ3n) is 3.00. The van der Waals surface area contributed by atoms with E-state index in [2.05, 4.69) is 10.1 Å². The van der Waals surface area contributed by atoms with Crippen LogP contribution in [0.25, 0.3) is 0 Å². The lowest BCUT2D eigenvalue weighted by atomic mass is 10.2. The summed E-state index contributed by atoms with van der Waals surface area (Å²) in [6.45, 7) is 2.36. The van der Waals surface area contributed by atoms with Gasteiger partial charge in [-0.3, -0.25) is 10.2 Å². The topological polar surface area (TPSA) is 87.7 Å². The van der Waals surface area contributed by atoms with E-state index in [0.29, 0.717) is 24.5 Å². The third kappa shape index (κ3) is 6.68. The smallest absolute Gasteiger partial charge is 0.252 e. The molecule has 0 bridgehead atoms. The van der Waals surface area contributed by atoms with E-state index in [0.717, 1.165) is 0 Å². The summed E-state index contributed by atoms with van der Waals surface area (Å²) in [5.74, 6) is 0.876. The molecule has 9 heteroatoms. The van der Waals surface area contributed by atoms with Crippen LogP contribution >= 0.6 is 11.8 Å². The summed E-state index contributed by atoms with van der Waals surface area (Å²) < 4.78 is 32.8. The lowest BCUT2D eigenvalue weighted by Gasteiger charge is -2.20.